The normalized spacial score (nSPS) is 10.2. The first-order valence-corrected chi connectivity index (χ1v) is 10.4. The van der Waals surface area contributed by atoms with Crippen LogP contribution in [0.1, 0.15) is 16.7 Å². The van der Waals surface area contributed by atoms with Crippen molar-refractivity contribution in [2.24, 2.45) is 0 Å². The average Bonchev–Trinajstić information content (AvgIpc) is 2.83. The van der Waals surface area contributed by atoms with Crippen molar-refractivity contribution >= 4 is 34.8 Å². The molecule has 0 aliphatic rings. The maximum Gasteiger partial charge on any atom is 0.165 e. The number of rotatable bonds is 3. The molecule has 0 aliphatic carbocycles. The fourth-order valence-corrected chi connectivity index (χ4v) is 3.83. The maximum atomic E-state index is 9.13. The van der Waals surface area contributed by atoms with Crippen molar-refractivity contribution in [3.05, 3.63) is 86.4 Å². The number of nitrogens with zero attached hydrogens (tertiary/aromatic N) is 6. The lowest BCUT2D eigenvalue weighted by Crippen LogP contribution is -2.01. The van der Waals surface area contributed by atoms with Crippen LogP contribution in [0.2, 0.25) is 15.1 Å². The number of hydrogen-bond donors (Lipinski definition) is 0. The minimum atomic E-state index is 0.241. The van der Waals surface area contributed by atoms with Gasteiger partial charge in [0.2, 0.25) is 0 Å². The molecule has 1 heterocycles. The van der Waals surface area contributed by atoms with Crippen LogP contribution in [-0.4, -0.2) is 15.0 Å². The summed E-state index contributed by atoms with van der Waals surface area (Å²) in [5.41, 5.74) is 2.62. The first kappa shape index (κ1) is 22.2. The fourth-order valence-electron chi connectivity index (χ4n) is 3.04. The molecule has 9 heteroatoms. The summed E-state index contributed by atoms with van der Waals surface area (Å²) in [5.74, 6) is 0.723. The summed E-state index contributed by atoms with van der Waals surface area (Å²) in [5, 5.41) is 28.3. The molecule has 4 rings (SSSR count). The predicted molar refractivity (Wildman–Crippen MR) is 125 cm³/mol. The van der Waals surface area contributed by atoms with Gasteiger partial charge in [0.25, 0.3) is 0 Å². The van der Waals surface area contributed by atoms with Crippen molar-refractivity contribution in [2.75, 3.05) is 0 Å². The summed E-state index contributed by atoms with van der Waals surface area (Å²) in [4.78, 5) is 13.6. The van der Waals surface area contributed by atoms with E-state index in [1.165, 1.54) is 18.2 Å². The van der Waals surface area contributed by atoms with E-state index < -0.39 is 0 Å². The molecule has 0 saturated heterocycles. The summed E-state index contributed by atoms with van der Waals surface area (Å²) in [6.45, 7) is 0. The third-order valence-electron chi connectivity index (χ3n) is 4.65. The van der Waals surface area contributed by atoms with Crippen molar-refractivity contribution in [1.29, 1.82) is 15.8 Å². The van der Waals surface area contributed by atoms with E-state index in [4.69, 9.17) is 50.6 Å². The molecule has 0 radical (unpaired) electrons. The Labute approximate surface area is 203 Å². The molecule has 156 valence electrons. The SMILES string of the molecule is N#Cc1ccc(-c2nc(-c3ccc(C#N)cc3Cl)nc(-c3ccc(C#N)cc3Cl)n2)c(Cl)c1. The molecular formula is C24H9Cl3N6. The Morgan fingerprint density at radius 3 is 0.970 bits per heavy atom. The zero-order chi connectivity index (χ0) is 23.5. The summed E-state index contributed by atoms with van der Waals surface area (Å²) in [6, 6.07) is 20.4. The fraction of sp³-hybridized carbons (Fsp3) is 0. The van der Waals surface area contributed by atoms with E-state index in [-0.39, 0.29) is 32.5 Å². The van der Waals surface area contributed by atoms with Crippen LogP contribution in [-0.2, 0) is 0 Å². The van der Waals surface area contributed by atoms with E-state index in [0.717, 1.165) is 0 Å². The Morgan fingerprint density at radius 1 is 0.485 bits per heavy atom. The van der Waals surface area contributed by atoms with E-state index in [1.54, 1.807) is 36.4 Å². The van der Waals surface area contributed by atoms with Gasteiger partial charge < -0.3 is 0 Å². The maximum absolute atomic E-state index is 9.13. The van der Waals surface area contributed by atoms with Crippen LogP contribution in [0.5, 0.6) is 0 Å². The third kappa shape index (κ3) is 4.48. The van der Waals surface area contributed by atoms with Crippen molar-refractivity contribution in [1.82, 2.24) is 15.0 Å². The largest absolute Gasteiger partial charge is 0.208 e. The summed E-state index contributed by atoms with van der Waals surface area (Å²) in [6.07, 6.45) is 0. The van der Waals surface area contributed by atoms with Crippen LogP contribution in [0.25, 0.3) is 34.2 Å². The second-order valence-electron chi connectivity index (χ2n) is 6.73. The average molecular weight is 488 g/mol. The number of benzene rings is 3. The topological polar surface area (TPSA) is 110 Å². The second-order valence-corrected chi connectivity index (χ2v) is 7.95. The highest BCUT2D eigenvalue weighted by Crippen LogP contribution is 2.34. The molecule has 0 spiro atoms. The summed E-state index contributed by atoms with van der Waals surface area (Å²) in [7, 11) is 0. The highest BCUT2D eigenvalue weighted by molar-refractivity contribution is 6.34. The summed E-state index contributed by atoms with van der Waals surface area (Å²) < 4.78 is 0. The highest BCUT2D eigenvalue weighted by atomic mass is 35.5. The minimum Gasteiger partial charge on any atom is -0.208 e. The molecule has 0 atom stereocenters. The first-order valence-electron chi connectivity index (χ1n) is 9.29. The summed E-state index contributed by atoms with van der Waals surface area (Å²) >= 11 is 19.2. The van der Waals surface area contributed by atoms with Gasteiger partial charge in [0, 0.05) is 16.7 Å². The molecule has 0 bridgehead atoms. The van der Waals surface area contributed by atoms with Crippen molar-refractivity contribution in [2.45, 2.75) is 0 Å². The quantitative estimate of drug-likeness (QED) is 0.328. The van der Waals surface area contributed by atoms with Crippen LogP contribution in [0.3, 0.4) is 0 Å². The smallest absolute Gasteiger partial charge is 0.165 e. The van der Waals surface area contributed by atoms with Crippen molar-refractivity contribution in [3.63, 3.8) is 0 Å². The van der Waals surface area contributed by atoms with Gasteiger partial charge in [-0.1, -0.05) is 34.8 Å². The zero-order valence-corrected chi connectivity index (χ0v) is 18.8. The van der Waals surface area contributed by atoms with Gasteiger partial charge in [-0.15, -0.1) is 0 Å². The molecule has 0 N–H and O–H groups in total. The molecule has 3 aromatic carbocycles. The molecule has 0 aliphatic heterocycles. The van der Waals surface area contributed by atoms with Crippen LogP contribution in [0.15, 0.2) is 54.6 Å². The van der Waals surface area contributed by atoms with Crippen LogP contribution in [0.4, 0.5) is 0 Å². The molecule has 6 nitrogen and oxygen atoms in total. The Balaban J connectivity index is 1.98. The Hall–Kier alpha value is -3.99. The second kappa shape index (κ2) is 9.25. The number of aromatic nitrogens is 3. The zero-order valence-electron chi connectivity index (χ0n) is 16.5. The highest BCUT2D eigenvalue weighted by Gasteiger charge is 2.18. The Bertz CT molecular complexity index is 1350. The van der Waals surface area contributed by atoms with Gasteiger partial charge in [0.1, 0.15) is 0 Å². The number of hydrogen-bond acceptors (Lipinski definition) is 6. The van der Waals surface area contributed by atoms with E-state index in [9.17, 15) is 0 Å². The number of nitriles is 3. The van der Waals surface area contributed by atoms with Crippen LogP contribution < -0.4 is 0 Å². The van der Waals surface area contributed by atoms with Crippen molar-refractivity contribution in [3.8, 4) is 52.4 Å². The van der Waals surface area contributed by atoms with Crippen LogP contribution in [0, 0.1) is 34.0 Å². The first-order chi connectivity index (χ1) is 15.9. The van der Waals surface area contributed by atoms with Gasteiger partial charge in [0.15, 0.2) is 17.5 Å². The molecule has 0 saturated carbocycles. The minimum absolute atomic E-state index is 0.241. The van der Waals surface area contributed by atoms with Crippen LogP contribution >= 0.6 is 34.8 Å². The van der Waals surface area contributed by atoms with Gasteiger partial charge in [0.05, 0.1) is 50.0 Å². The number of halogens is 3. The van der Waals surface area contributed by atoms with E-state index in [1.807, 2.05) is 18.2 Å². The van der Waals surface area contributed by atoms with Gasteiger partial charge >= 0.3 is 0 Å². The third-order valence-corrected chi connectivity index (χ3v) is 5.59. The van der Waals surface area contributed by atoms with Gasteiger partial charge in [-0.2, -0.15) is 15.8 Å². The lowest BCUT2D eigenvalue weighted by molar-refractivity contribution is 1.07. The lowest BCUT2D eigenvalue weighted by Gasteiger charge is -2.11. The predicted octanol–water partition coefficient (Wildman–Crippen LogP) is 6.45. The van der Waals surface area contributed by atoms with E-state index in [2.05, 4.69) is 15.0 Å². The standard InChI is InChI=1S/C24H9Cl3N6/c25-19-7-13(10-28)1-4-16(19)22-31-23(17-5-2-14(11-29)8-20(17)26)33-24(32-22)18-6-3-15(12-30)9-21(18)27/h1-9H. The molecule has 0 amide bonds. The van der Waals surface area contributed by atoms with Crippen molar-refractivity contribution < 1.29 is 0 Å². The van der Waals surface area contributed by atoms with Gasteiger partial charge in [-0.3, -0.25) is 0 Å². The van der Waals surface area contributed by atoms with Gasteiger partial charge in [-0.25, -0.2) is 15.0 Å². The molecule has 0 fully saturated rings. The molecular weight excluding hydrogens is 479 g/mol. The molecule has 4 aromatic rings. The lowest BCUT2D eigenvalue weighted by atomic mass is 10.1. The molecule has 33 heavy (non-hydrogen) atoms. The monoisotopic (exact) mass is 486 g/mol. The Kier molecular flexibility index (Phi) is 6.22. The Morgan fingerprint density at radius 2 is 0.758 bits per heavy atom. The van der Waals surface area contributed by atoms with E-state index >= 15 is 0 Å². The molecule has 0 unspecified atom stereocenters. The molecule has 1 aromatic heterocycles. The van der Waals surface area contributed by atoms with E-state index in [0.29, 0.717) is 33.4 Å². The van der Waals surface area contributed by atoms with Gasteiger partial charge in [-0.05, 0) is 54.6 Å².